The quantitative estimate of drug-likeness (QED) is 0.248. The molecule has 1 N–H and O–H groups in total. The molecule has 9 heteroatoms. The van der Waals surface area contributed by atoms with Gasteiger partial charge in [0.25, 0.3) is 17.6 Å². The molecule has 2 amide bonds. The number of aliphatic hydroxyl groups excluding tert-OH is 1. The first-order valence-corrected chi connectivity index (χ1v) is 13.8. The number of morpholine rings is 1. The summed E-state index contributed by atoms with van der Waals surface area (Å²) in [6.07, 6.45) is 2.82. The van der Waals surface area contributed by atoms with Crippen LogP contribution in [0.5, 0.6) is 5.75 Å². The highest BCUT2D eigenvalue weighted by atomic mass is 16.5. The molecule has 4 heterocycles. The van der Waals surface area contributed by atoms with Crippen LogP contribution in [0.1, 0.15) is 30.0 Å². The molecule has 2 saturated heterocycles. The minimum Gasteiger partial charge on any atom is -0.507 e. The van der Waals surface area contributed by atoms with Gasteiger partial charge in [0.2, 0.25) is 0 Å². The molecule has 40 heavy (non-hydrogen) atoms. The fourth-order valence-electron chi connectivity index (χ4n) is 6.47. The van der Waals surface area contributed by atoms with E-state index in [-0.39, 0.29) is 30.5 Å². The lowest BCUT2D eigenvalue weighted by molar-refractivity contribution is -0.143. The Kier molecular flexibility index (Phi) is 6.72. The molecule has 2 unspecified atom stereocenters. The van der Waals surface area contributed by atoms with Crippen LogP contribution in [-0.4, -0.2) is 84.5 Å². The monoisotopic (exact) mass is 543 g/mol. The van der Waals surface area contributed by atoms with Gasteiger partial charge >= 0.3 is 0 Å². The number of Topliss-reactive ketones (excluding diaryl/α,β-unsaturated/α-hetero) is 1. The number of para-hydroxylation sites is 1. The molecule has 9 nitrogen and oxygen atoms in total. The molecule has 0 bridgehead atoms. The smallest absolute Gasteiger partial charge is 0.296 e. The average molecular weight is 544 g/mol. The van der Waals surface area contributed by atoms with Crippen molar-refractivity contribution in [2.24, 2.45) is 0 Å². The summed E-state index contributed by atoms with van der Waals surface area (Å²) in [5.41, 5.74) is 0.402. The van der Waals surface area contributed by atoms with Gasteiger partial charge < -0.3 is 24.4 Å². The van der Waals surface area contributed by atoms with Crippen LogP contribution in [-0.2, 0) is 31.1 Å². The Labute approximate surface area is 233 Å². The molecular weight excluding hydrogens is 510 g/mol. The van der Waals surface area contributed by atoms with Crippen LogP contribution in [0, 0.1) is 0 Å². The van der Waals surface area contributed by atoms with E-state index < -0.39 is 23.1 Å². The van der Waals surface area contributed by atoms with Crippen molar-refractivity contribution >= 4 is 29.0 Å². The van der Waals surface area contributed by atoms with Crippen LogP contribution in [0.3, 0.4) is 0 Å². The summed E-state index contributed by atoms with van der Waals surface area (Å²) in [7, 11) is 0. The number of likely N-dealkylation sites (tertiary alicyclic amines) is 1. The lowest BCUT2D eigenvalue weighted by Gasteiger charge is -2.35. The number of carbonyl (C=O) groups excluding carboxylic acids is 3. The number of anilines is 1. The molecule has 0 aliphatic carbocycles. The first-order valence-electron chi connectivity index (χ1n) is 13.8. The number of nitrogens with zero attached hydrogens (tertiary/aromatic N) is 3. The largest absolute Gasteiger partial charge is 0.507 e. The van der Waals surface area contributed by atoms with E-state index in [9.17, 15) is 19.5 Å². The molecule has 4 aliphatic heterocycles. The Hall–Kier alpha value is -3.95. The molecule has 4 aliphatic rings. The lowest BCUT2D eigenvalue weighted by atomic mass is 9.81. The number of benzene rings is 2. The predicted molar refractivity (Wildman–Crippen MR) is 149 cm³/mol. The van der Waals surface area contributed by atoms with Crippen molar-refractivity contribution in [3.05, 3.63) is 77.4 Å². The van der Waals surface area contributed by atoms with Gasteiger partial charge in [-0.15, -0.1) is 6.58 Å². The number of ether oxygens (including phenoxy) is 2. The molecule has 2 atom stereocenters. The zero-order chi connectivity index (χ0) is 28.0. The third kappa shape index (κ3) is 3.95. The third-order valence-corrected chi connectivity index (χ3v) is 8.25. The highest BCUT2D eigenvalue weighted by Gasteiger charge is 2.66. The van der Waals surface area contributed by atoms with Gasteiger partial charge in [-0.05, 0) is 43.2 Å². The van der Waals surface area contributed by atoms with E-state index in [1.165, 1.54) is 9.80 Å². The average Bonchev–Trinajstić information content (AvgIpc) is 3.53. The molecule has 2 aromatic carbocycles. The number of fused-ring (bicyclic) bond motifs is 3. The minimum atomic E-state index is -1.77. The van der Waals surface area contributed by atoms with Crippen LogP contribution in [0.15, 0.2) is 60.7 Å². The van der Waals surface area contributed by atoms with Crippen LogP contribution in [0.25, 0.3) is 5.76 Å². The number of ketones is 1. The maximum absolute atomic E-state index is 14.5. The van der Waals surface area contributed by atoms with Crippen molar-refractivity contribution < 1.29 is 29.0 Å². The maximum Gasteiger partial charge on any atom is 0.296 e. The van der Waals surface area contributed by atoms with Gasteiger partial charge in [0, 0.05) is 50.3 Å². The van der Waals surface area contributed by atoms with Crippen molar-refractivity contribution in [2.45, 2.75) is 31.4 Å². The highest BCUT2D eigenvalue weighted by molar-refractivity contribution is 6.50. The van der Waals surface area contributed by atoms with Gasteiger partial charge in [-0.2, -0.15) is 0 Å². The highest BCUT2D eigenvalue weighted by Crippen LogP contribution is 2.53. The lowest BCUT2D eigenvalue weighted by Crippen LogP contribution is -2.52. The standard InChI is InChI=1S/C31H33N3O6/c1-3-11-33-24-8-5-4-7-23(24)31(30(33)38)26(27(35)21-9-10-25-22(19-21)18-20(2)40-25)28(36)29(37)34(31)13-6-12-32-14-16-39-17-15-32/h3-5,7-10,19-20,35H,1,6,11-18H2,2H3. The number of aliphatic hydroxyl groups is 1. The summed E-state index contributed by atoms with van der Waals surface area (Å²) in [5, 5.41) is 11.8. The summed E-state index contributed by atoms with van der Waals surface area (Å²) < 4.78 is 11.2. The molecule has 0 radical (unpaired) electrons. The van der Waals surface area contributed by atoms with Crippen molar-refractivity contribution in [1.29, 1.82) is 0 Å². The Morgan fingerprint density at radius 3 is 2.67 bits per heavy atom. The van der Waals surface area contributed by atoms with Crippen molar-refractivity contribution in [2.75, 3.05) is 50.8 Å². The normalized spacial score (nSPS) is 25.4. The van der Waals surface area contributed by atoms with Crippen molar-refractivity contribution in [1.82, 2.24) is 9.80 Å². The van der Waals surface area contributed by atoms with E-state index in [0.717, 1.165) is 24.4 Å². The van der Waals surface area contributed by atoms with Gasteiger partial charge in [-0.1, -0.05) is 24.3 Å². The molecule has 2 fully saturated rings. The summed E-state index contributed by atoms with van der Waals surface area (Å²) in [5.74, 6) is -1.73. The van der Waals surface area contributed by atoms with Gasteiger partial charge in [0.1, 0.15) is 17.6 Å². The molecule has 0 saturated carbocycles. The fourth-order valence-corrected chi connectivity index (χ4v) is 6.47. The summed E-state index contributed by atoms with van der Waals surface area (Å²) in [6, 6.07) is 12.4. The number of hydrogen-bond donors (Lipinski definition) is 1. The summed E-state index contributed by atoms with van der Waals surface area (Å²) >= 11 is 0. The first-order chi connectivity index (χ1) is 19.4. The zero-order valence-electron chi connectivity index (χ0n) is 22.6. The minimum absolute atomic E-state index is 0.00113. The van der Waals surface area contributed by atoms with Crippen LogP contribution < -0.4 is 9.64 Å². The summed E-state index contributed by atoms with van der Waals surface area (Å²) in [6.45, 7) is 9.72. The van der Waals surface area contributed by atoms with Gasteiger partial charge in [0.05, 0.1) is 24.5 Å². The second kappa shape index (κ2) is 10.2. The molecular formula is C31H33N3O6. The second-order valence-corrected chi connectivity index (χ2v) is 10.7. The Morgan fingerprint density at radius 2 is 1.90 bits per heavy atom. The van der Waals surface area contributed by atoms with Crippen LogP contribution in [0.2, 0.25) is 0 Å². The van der Waals surface area contributed by atoms with Crippen molar-refractivity contribution in [3.8, 4) is 5.75 Å². The van der Waals surface area contributed by atoms with Gasteiger partial charge in [-0.25, -0.2) is 0 Å². The van der Waals surface area contributed by atoms with E-state index in [4.69, 9.17) is 9.47 Å². The Bertz CT molecular complexity index is 1430. The van der Waals surface area contributed by atoms with E-state index in [1.54, 1.807) is 42.5 Å². The predicted octanol–water partition coefficient (Wildman–Crippen LogP) is 2.84. The third-order valence-electron chi connectivity index (χ3n) is 8.25. The summed E-state index contributed by atoms with van der Waals surface area (Å²) in [4.78, 5) is 47.2. The number of hydrogen-bond acceptors (Lipinski definition) is 7. The number of rotatable bonds is 7. The Balaban J connectivity index is 1.48. The molecule has 0 aromatic heterocycles. The molecule has 6 rings (SSSR count). The molecule has 1 spiro atoms. The maximum atomic E-state index is 14.5. The zero-order valence-corrected chi connectivity index (χ0v) is 22.6. The van der Waals surface area contributed by atoms with Crippen LogP contribution in [0.4, 0.5) is 5.69 Å². The molecule has 208 valence electrons. The van der Waals surface area contributed by atoms with Gasteiger partial charge in [-0.3, -0.25) is 19.3 Å². The van der Waals surface area contributed by atoms with Crippen molar-refractivity contribution in [3.63, 3.8) is 0 Å². The van der Waals surface area contributed by atoms with Gasteiger partial charge in [0.15, 0.2) is 5.54 Å². The first kappa shape index (κ1) is 26.3. The second-order valence-electron chi connectivity index (χ2n) is 10.7. The van der Waals surface area contributed by atoms with E-state index in [2.05, 4.69) is 11.5 Å². The van der Waals surface area contributed by atoms with E-state index >= 15 is 0 Å². The van der Waals surface area contributed by atoms with E-state index in [0.29, 0.717) is 49.4 Å². The molecule has 2 aromatic rings. The number of carbonyl (C=O) groups is 3. The van der Waals surface area contributed by atoms with Crippen LogP contribution >= 0.6 is 0 Å². The van der Waals surface area contributed by atoms with E-state index in [1.807, 2.05) is 13.0 Å². The fraction of sp³-hybridized carbons (Fsp3) is 0.387. The topological polar surface area (TPSA) is 99.6 Å². The SMILES string of the molecule is C=CCN1C(=O)C2(C(=C(O)c3ccc4c(c3)CC(C)O4)C(=O)C(=O)N2CCCN2CCOCC2)c2ccccc21. The Morgan fingerprint density at radius 1 is 1.12 bits per heavy atom. The number of amides is 2.